The molecule has 0 spiro atoms. The van der Waals surface area contributed by atoms with E-state index in [1.54, 1.807) is 6.20 Å². The molecule has 1 aromatic carbocycles. The van der Waals surface area contributed by atoms with Gasteiger partial charge in [-0.2, -0.15) is 5.26 Å². The topological polar surface area (TPSA) is 69.0 Å². The Morgan fingerprint density at radius 3 is 2.43 bits per heavy atom. The van der Waals surface area contributed by atoms with Crippen molar-refractivity contribution in [1.82, 2.24) is 10.3 Å². The molecule has 5 heteroatoms. The van der Waals surface area contributed by atoms with E-state index in [0.29, 0.717) is 17.7 Å². The molecule has 30 heavy (non-hydrogen) atoms. The molecular weight excluding hydrogens is 372 g/mol. The lowest BCUT2D eigenvalue weighted by Gasteiger charge is -2.37. The Morgan fingerprint density at radius 1 is 1.17 bits per heavy atom. The molecular formula is C25H34N4O. The van der Waals surface area contributed by atoms with E-state index < -0.39 is 0 Å². The molecule has 1 heterocycles. The minimum absolute atomic E-state index is 0. The fourth-order valence-corrected chi connectivity index (χ4v) is 4.25. The molecule has 1 fully saturated rings. The van der Waals surface area contributed by atoms with E-state index in [4.69, 9.17) is 0 Å². The molecule has 160 valence electrons. The van der Waals surface area contributed by atoms with Gasteiger partial charge in [0.05, 0.1) is 11.6 Å². The van der Waals surface area contributed by atoms with Crippen molar-refractivity contribution in [2.24, 2.45) is 0 Å². The lowest BCUT2D eigenvalue weighted by atomic mass is 9.89. The van der Waals surface area contributed by atoms with E-state index >= 15 is 0 Å². The van der Waals surface area contributed by atoms with Crippen LogP contribution in [-0.2, 0) is 0 Å². The molecule has 2 aromatic rings. The van der Waals surface area contributed by atoms with Crippen molar-refractivity contribution in [3.8, 4) is 6.07 Å². The van der Waals surface area contributed by atoms with Gasteiger partial charge < -0.3 is 10.2 Å². The lowest BCUT2D eigenvalue weighted by molar-refractivity contribution is 0.0920. The zero-order valence-corrected chi connectivity index (χ0v) is 18.7. The number of nitrogens with zero attached hydrogens (tertiary/aromatic N) is 3. The summed E-state index contributed by atoms with van der Waals surface area (Å²) in [5, 5.41) is 12.4. The van der Waals surface area contributed by atoms with E-state index in [-0.39, 0.29) is 13.4 Å². The highest BCUT2D eigenvalue weighted by Gasteiger charge is 2.26. The second-order valence-electron chi connectivity index (χ2n) is 8.72. The van der Waals surface area contributed by atoms with Gasteiger partial charge in [-0.05, 0) is 80.3 Å². The Balaban J connectivity index is 0.00000341. The van der Waals surface area contributed by atoms with Crippen LogP contribution in [0.1, 0.15) is 79.6 Å². The number of carbonyl (C=O) groups is 1. The molecule has 1 saturated carbocycles. The monoisotopic (exact) mass is 406 g/mol. The Kier molecular flexibility index (Phi) is 6.77. The minimum Gasteiger partial charge on any atom is -0.371 e. The summed E-state index contributed by atoms with van der Waals surface area (Å²) in [5.41, 5.74) is 5.78. The van der Waals surface area contributed by atoms with E-state index in [1.165, 1.54) is 11.3 Å². The molecule has 1 aliphatic rings. The zero-order chi connectivity index (χ0) is 21.8. The summed E-state index contributed by atoms with van der Waals surface area (Å²) >= 11 is 0. The molecule has 5 nitrogen and oxygen atoms in total. The van der Waals surface area contributed by atoms with E-state index in [1.807, 2.05) is 25.1 Å². The Labute approximate surface area is 181 Å². The first-order chi connectivity index (χ1) is 14.3. The zero-order valence-electron chi connectivity index (χ0n) is 18.7. The summed E-state index contributed by atoms with van der Waals surface area (Å²) in [6.45, 7) is 8.34. The highest BCUT2D eigenvalue weighted by molar-refractivity contribution is 5.92. The third-order valence-corrected chi connectivity index (χ3v) is 6.52. The smallest absolute Gasteiger partial charge is 0.270 e. The van der Waals surface area contributed by atoms with Gasteiger partial charge in [0, 0.05) is 32.4 Å². The number of rotatable bonds is 5. The molecule has 1 aliphatic carbocycles. The van der Waals surface area contributed by atoms with Crippen molar-refractivity contribution in [2.75, 3.05) is 11.9 Å². The fraction of sp³-hybridized carbons (Fsp3) is 0.480. The van der Waals surface area contributed by atoms with Gasteiger partial charge in [0.1, 0.15) is 5.69 Å². The maximum Gasteiger partial charge on any atom is 0.270 e. The minimum atomic E-state index is -0.0827. The predicted octanol–water partition coefficient (Wildman–Crippen LogP) is 5.12. The van der Waals surface area contributed by atoms with Crippen LogP contribution >= 0.6 is 0 Å². The first-order valence-electron chi connectivity index (χ1n) is 10.8. The average Bonchev–Trinajstić information content (AvgIpc) is 2.75. The summed E-state index contributed by atoms with van der Waals surface area (Å²) in [6.07, 6.45) is 5.77. The Bertz CT molecular complexity index is 941. The number of aromatic nitrogens is 1. The summed E-state index contributed by atoms with van der Waals surface area (Å²) in [6, 6.07) is 10.7. The Hall–Kier alpha value is -2.87. The third-order valence-electron chi connectivity index (χ3n) is 6.52. The predicted molar refractivity (Wildman–Crippen MR) is 123 cm³/mol. The average molecular weight is 407 g/mol. The molecule has 3 rings (SSSR count). The molecule has 1 aromatic heterocycles. The number of hydrogen-bond acceptors (Lipinski definition) is 4. The normalized spacial score (nSPS) is 18.7. The van der Waals surface area contributed by atoms with Gasteiger partial charge in [-0.1, -0.05) is 19.9 Å². The van der Waals surface area contributed by atoms with E-state index in [0.717, 1.165) is 42.4 Å². The van der Waals surface area contributed by atoms with Crippen LogP contribution in [0.3, 0.4) is 0 Å². The number of amides is 1. The van der Waals surface area contributed by atoms with Crippen molar-refractivity contribution >= 4 is 11.6 Å². The van der Waals surface area contributed by atoms with Gasteiger partial charge >= 0.3 is 0 Å². The fourth-order valence-electron chi connectivity index (χ4n) is 4.25. The number of pyridine rings is 1. The van der Waals surface area contributed by atoms with Crippen LogP contribution in [0.2, 0.25) is 0 Å². The summed E-state index contributed by atoms with van der Waals surface area (Å²) in [5.74, 6) is 0.325. The van der Waals surface area contributed by atoms with Crippen LogP contribution in [0.25, 0.3) is 0 Å². The highest BCUT2D eigenvalue weighted by atomic mass is 16.1. The van der Waals surface area contributed by atoms with Crippen molar-refractivity contribution in [3.63, 3.8) is 0 Å². The van der Waals surface area contributed by atoms with Crippen LogP contribution in [0.5, 0.6) is 0 Å². The second-order valence-corrected chi connectivity index (χ2v) is 8.72. The first-order valence-corrected chi connectivity index (χ1v) is 10.8. The second kappa shape index (κ2) is 9.30. The molecule has 0 atom stereocenters. The van der Waals surface area contributed by atoms with Gasteiger partial charge in [0.25, 0.3) is 5.91 Å². The van der Waals surface area contributed by atoms with E-state index in [2.05, 4.69) is 55.2 Å². The number of hydrogen-bond donors (Lipinski definition) is 1. The van der Waals surface area contributed by atoms with Crippen LogP contribution < -0.4 is 10.2 Å². The van der Waals surface area contributed by atoms with Gasteiger partial charge in [0.15, 0.2) is 0 Å². The molecule has 1 N–H and O–H groups in total. The van der Waals surface area contributed by atoms with Crippen molar-refractivity contribution in [2.45, 2.75) is 71.4 Å². The maximum atomic E-state index is 12.6. The molecule has 1 amide bonds. The summed E-state index contributed by atoms with van der Waals surface area (Å²) in [4.78, 5) is 19.2. The largest absolute Gasteiger partial charge is 0.371 e. The molecule has 0 saturated heterocycles. The van der Waals surface area contributed by atoms with Crippen LogP contribution in [-0.4, -0.2) is 30.0 Å². The van der Waals surface area contributed by atoms with Crippen molar-refractivity contribution in [3.05, 3.63) is 58.4 Å². The van der Waals surface area contributed by atoms with Gasteiger partial charge in [-0.25, -0.2) is 0 Å². The van der Waals surface area contributed by atoms with Gasteiger partial charge in [-0.15, -0.1) is 0 Å². The number of nitrogens with one attached hydrogen (secondary N) is 1. The maximum absolute atomic E-state index is 12.6. The summed E-state index contributed by atoms with van der Waals surface area (Å²) < 4.78 is 0. The number of anilines is 1. The molecule has 0 bridgehead atoms. The van der Waals surface area contributed by atoms with Crippen molar-refractivity contribution < 1.29 is 6.22 Å². The van der Waals surface area contributed by atoms with Crippen LogP contribution in [0.4, 0.5) is 5.69 Å². The third kappa shape index (κ3) is 4.64. The Morgan fingerprint density at radius 2 is 1.87 bits per heavy atom. The SMILES string of the molecule is Cc1c(C#N)ccc(N(C)C2CCC(NC(=O)c3ccc(C(C)C)cn3)CC2)c1C.[HH]. The van der Waals surface area contributed by atoms with Gasteiger partial charge in [-0.3, -0.25) is 9.78 Å². The van der Waals surface area contributed by atoms with E-state index in [9.17, 15) is 10.1 Å². The molecule has 0 aliphatic heterocycles. The number of benzene rings is 1. The van der Waals surface area contributed by atoms with Gasteiger partial charge in [0.2, 0.25) is 0 Å². The standard InChI is InChI=1S/C25H32N4O.H2/c1-16(2)20-6-12-23(27-15-20)25(30)28-21-8-10-22(11-9-21)29(5)24-13-7-19(14-26)17(3)18(24)4;/h6-7,12-13,15-16,21-22H,8-11H2,1-5H3,(H,28,30);1H. The summed E-state index contributed by atoms with van der Waals surface area (Å²) in [7, 11) is 2.14. The van der Waals surface area contributed by atoms with Crippen LogP contribution in [0, 0.1) is 25.2 Å². The lowest BCUT2D eigenvalue weighted by Crippen LogP contribution is -2.43. The number of carbonyl (C=O) groups excluding carboxylic acids is 1. The number of nitriles is 1. The highest BCUT2D eigenvalue weighted by Crippen LogP contribution is 2.31. The quantitative estimate of drug-likeness (QED) is 0.748. The van der Waals surface area contributed by atoms with Crippen LogP contribution in [0.15, 0.2) is 30.5 Å². The van der Waals surface area contributed by atoms with Crippen molar-refractivity contribution in [1.29, 1.82) is 5.26 Å². The molecule has 0 unspecified atom stereocenters. The first kappa shape index (κ1) is 21.8. The molecule has 0 radical (unpaired) electrons.